The van der Waals surface area contributed by atoms with Crippen molar-refractivity contribution in [2.45, 2.75) is 135 Å². The van der Waals surface area contributed by atoms with Crippen molar-refractivity contribution in [1.29, 1.82) is 0 Å². The van der Waals surface area contributed by atoms with Crippen LogP contribution in [0.1, 0.15) is 105 Å². The fourth-order valence-corrected chi connectivity index (χ4v) is 7.37. The van der Waals surface area contributed by atoms with Gasteiger partial charge in [0.1, 0.15) is 18.3 Å². The first-order chi connectivity index (χ1) is 23.7. The molecule has 3 heterocycles. The summed E-state index contributed by atoms with van der Waals surface area (Å²) in [6, 6.07) is 0.587. The van der Waals surface area contributed by atoms with E-state index in [0.717, 1.165) is 44.6 Å². The second-order valence-corrected chi connectivity index (χ2v) is 15.9. The largest absolute Gasteiger partial charge is 0.457 e. The Balaban J connectivity index is 1.42. The molecule has 2 N–H and O–H groups in total. The number of ether oxygens (including phenoxy) is 3. The van der Waals surface area contributed by atoms with Gasteiger partial charge in [-0.1, -0.05) is 70.8 Å². The zero-order valence-electron chi connectivity index (χ0n) is 31.2. The molecule has 11 heteroatoms. The number of aliphatic hydroxyl groups excluding tert-OH is 1. The van der Waals surface area contributed by atoms with E-state index in [-0.39, 0.29) is 37.9 Å². The monoisotopic (exact) mass is 701 g/mol. The molecule has 0 unspecified atom stereocenters. The third-order valence-corrected chi connectivity index (χ3v) is 10.8. The molecule has 3 aliphatic heterocycles. The van der Waals surface area contributed by atoms with E-state index in [2.05, 4.69) is 4.90 Å². The van der Waals surface area contributed by atoms with Crippen LogP contribution in [0, 0.1) is 11.3 Å². The molecule has 282 valence electrons. The minimum absolute atomic E-state index is 0.129. The van der Waals surface area contributed by atoms with E-state index < -0.39 is 41.4 Å². The van der Waals surface area contributed by atoms with Gasteiger partial charge in [0.05, 0.1) is 12.5 Å². The molecule has 0 aromatic carbocycles. The second kappa shape index (κ2) is 18.6. The number of amides is 2. The van der Waals surface area contributed by atoms with Crippen molar-refractivity contribution in [2.75, 3.05) is 45.9 Å². The van der Waals surface area contributed by atoms with Crippen LogP contribution in [-0.2, 0) is 19.0 Å². The highest BCUT2D eigenvalue weighted by atomic mass is 16.6. The highest BCUT2D eigenvalue weighted by Crippen LogP contribution is 2.29. The van der Waals surface area contributed by atoms with Crippen molar-refractivity contribution in [3.05, 3.63) is 36.0 Å². The maximum Gasteiger partial charge on any atom is 0.410 e. The second-order valence-electron chi connectivity index (χ2n) is 15.9. The Labute approximate surface area is 299 Å². The maximum absolute atomic E-state index is 13.5. The van der Waals surface area contributed by atoms with Gasteiger partial charge in [-0.15, -0.1) is 0 Å². The lowest BCUT2D eigenvalue weighted by atomic mass is 9.88. The SMILES string of the molecule is C/C(=C\C=C\C(C)(C)COC(=O)N1CCCC1)[C@H]1OC(=O)C[C@H](O)CC[C@@](C)(O)[C@@H](OC(=O)N2CCN(C3CCCCCC3)CC2)/C=C\[C@@H]1C. The summed E-state index contributed by atoms with van der Waals surface area (Å²) in [6.07, 6.45) is 15.5. The number of cyclic esters (lactones) is 1. The van der Waals surface area contributed by atoms with Gasteiger partial charge < -0.3 is 34.2 Å². The molecule has 1 saturated carbocycles. The van der Waals surface area contributed by atoms with Gasteiger partial charge in [0.25, 0.3) is 0 Å². The third kappa shape index (κ3) is 12.1. The minimum atomic E-state index is -1.47. The smallest absolute Gasteiger partial charge is 0.410 e. The molecule has 0 spiro atoms. The first-order valence-corrected chi connectivity index (χ1v) is 19.0. The highest BCUT2D eigenvalue weighted by molar-refractivity contribution is 5.70. The van der Waals surface area contributed by atoms with Crippen molar-refractivity contribution in [3.8, 4) is 0 Å². The van der Waals surface area contributed by atoms with Gasteiger partial charge in [-0.05, 0) is 64.0 Å². The molecular formula is C39H63N3O8. The number of nitrogens with zero attached hydrogens (tertiary/aromatic N) is 3. The lowest BCUT2D eigenvalue weighted by Gasteiger charge is -2.40. The van der Waals surface area contributed by atoms with Crippen LogP contribution in [0.25, 0.3) is 0 Å². The number of hydrogen-bond acceptors (Lipinski definition) is 9. The number of likely N-dealkylation sites (tertiary alicyclic amines) is 1. The van der Waals surface area contributed by atoms with E-state index in [4.69, 9.17) is 14.2 Å². The topological polar surface area (TPSA) is 129 Å². The Bertz CT molecular complexity index is 1210. The summed E-state index contributed by atoms with van der Waals surface area (Å²) in [5.41, 5.74) is -1.12. The predicted molar refractivity (Wildman–Crippen MR) is 192 cm³/mol. The van der Waals surface area contributed by atoms with Gasteiger partial charge in [0, 0.05) is 56.6 Å². The Kier molecular flexibility index (Phi) is 14.8. The van der Waals surface area contributed by atoms with Crippen molar-refractivity contribution >= 4 is 18.2 Å². The van der Waals surface area contributed by atoms with E-state index in [1.165, 1.54) is 38.5 Å². The van der Waals surface area contributed by atoms with E-state index in [1.807, 2.05) is 52.0 Å². The molecule has 50 heavy (non-hydrogen) atoms. The van der Waals surface area contributed by atoms with Gasteiger partial charge in [-0.2, -0.15) is 0 Å². The Morgan fingerprint density at radius 1 is 0.960 bits per heavy atom. The number of piperazine rings is 1. The summed E-state index contributed by atoms with van der Waals surface area (Å²) < 4.78 is 17.5. The van der Waals surface area contributed by atoms with Crippen LogP contribution in [0.4, 0.5) is 9.59 Å². The number of hydrogen-bond donors (Lipinski definition) is 2. The fraction of sp³-hybridized carbons (Fsp3) is 0.769. The number of carbonyl (C=O) groups is 3. The molecule has 0 aromatic rings. The average Bonchev–Trinajstić information content (AvgIpc) is 3.49. The van der Waals surface area contributed by atoms with Crippen molar-refractivity contribution < 1.29 is 38.8 Å². The van der Waals surface area contributed by atoms with Crippen LogP contribution in [0.15, 0.2) is 36.0 Å². The molecule has 2 saturated heterocycles. The molecule has 4 aliphatic rings. The Hall–Kier alpha value is -2.89. The number of carbonyl (C=O) groups excluding carboxylic acids is 3. The molecule has 0 aromatic heterocycles. The fourth-order valence-electron chi connectivity index (χ4n) is 7.37. The third-order valence-electron chi connectivity index (χ3n) is 10.8. The predicted octanol–water partition coefficient (Wildman–Crippen LogP) is 5.99. The summed E-state index contributed by atoms with van der Waals surface area (Å²) in [7, 11) is 0. The maximum atomic E-state index is 13.5. The summed E-state index contributed by atoms with van der Waals surface area (Å²) in [4.78, 5) is 44.7. The summed E-state index contributed by atoms with van der Waals surface area (Å²) in [5, 5.41) is 22.2. The number of allylic oxidation sites excluding steroid dienone is 2. The van der Waals surface area contributed by atoms with Crippen LogP contribution in [0.3, 0.4) is 0 Å². The van der Waals surface area contributed by atoms with Crippen LogP contribution < -0.4 is 0 Å². The highest BCUT2D eigenvalue weighted by Gasteiger charge is 2.37. The normalized spacial score (nSPS) is 31.0. The van der Waals surface area contributed by atoms with Crippen molar-refractivity contribution in [3.63, 3.8) is 0 Å². The summed E-state index contributed by atoms with van der Waals surface area (Å²) >= 11 is 0. The van der Waals surface area contributed by atoms with Crippen LogP contribution in [0.5, 0.6) is 0 Å². The lowest BCUT2D eigenvalue weighted by molar-refractivity contribution is -0.151. The lowest BCUT2D eigenvalue weighted by Crippen LogP contribution is -2.53. The number of rotatable bonds is 7. The van der Waals surface area contributed by atoms with E-state index in [0.29, 0.717) is 19.1 Å². The van der Waals surface area contributed by atoms with Crippen molar-refractivity contribution in [2.24, 2.45) is 11.3 Å². The molecular weight excluding hydrogens is 638 g/mol. The molecule has 0 bridgehead atoms. The standard InChI is InChI=1S/C39H63N3O8/c1-29(13-12-19-38(3,4)28-48-36(45)41-21-10-11-22-41)35-30(2)16-17-33(39(5,47)20-18-32(43)27-34(44)50-35)49-37(46)42-25-23-40(24-26-42)31-14-8-6-7-9-15-31/h12-13,16-17,19,30-33,35,43,47H,6-11,14-15,18,20-28H2,1-5H3/b17-16-,19-12+,29-13+/t30-,32+,33-,35+,39+/m0/s1. The summed E-state index contributed by atoms with van der Waals surface area (Å²) in [6.45, 7) is 13.8. The average molecular weight is 702 g/mol. The molecule has 4 rings (SSSR count). The van der Waals surface area contributed by atoms with Gasteiger partial charge >= 0.3 is 18.2 Å². The van der Waals surface area contributed by atoms with Crippen LogP contribution >= 0.6 is 0 Å². The van der Waals surface area contributed by atoms with Crippen molar-refractivity contribution in [1.82, 2.24) is 14.7 Å². The Morgan fingerprint density at radius 3 is 2.26 bits per heavy atom. The Morgan fingerprint density at radius 2 is 1.60 bits per heavy atom. The van der Waals surface area contributed by atoms with E-state index in [9.17, 15) is 24.6 Å². The van der Waals surface area contributed by atoms with Gasteiger partial charge in [-0.3, -0.25) is 9.69 Å². The quantitative estimate of drug-likeness (QED) is 0.108. The molecule has 11 nitrogen and oxygen atoms in total. The van der Waals surface area contributed by atoms with E-state index >= 15 is 0 Å². The summed E-state index contributed by atoms with van der Waals surface area (Å²) in [5.74, 6) is -0.866. The van der Waals surface area contributed by atoms with E-state index in [1.54, 1.807) is 22.8 Å². The first kappa shape index (κ1) is 39.9. The zero-order chi connectivity index (χ0) is 36.3. The molecule has 2 amide bonds. The van der Waals surface area contributed by atoms with Crippen LogP contribution in [0.2, 0.25) is 0 Å². The van der Waals surface area contributed by atoms with Crippen LogP contribution in [-0.4, -0.2) is 119 Å². The van der Waals surface area contributed by atoms with Gasteiger partial charge in [0.2, 0.25) is 0 Å². The first-order valence-electron chi connectivity index (χ1n) is 19.0. The molecule has 0 radical (unpaired) electrons. The van der Waals surface area contributed by atoms with Gasteiger partial charge in [0.15, 0.2) is 6.10 Å². The number of esters is 1. The molecule has 5 atom stereocenters. The molecule has 1 aliphatic carbocycles. The zero-order valence-corrected chi connectivity index (χ0v) is 31.2. The number of aliphatic hydroxyl groups is 2. The van der Waals surface area contributed by atoms with Gasteiger partial charge in [-0.25, -0.2) is 9.59 Å². The minimum Gasteiger partial charge on any atom is -0.457 e. The molecule has 3 fully saturated rings.